The Morgan fingerprint density at radius 2 is 2.37 bits per heavy atom. The molecule has 1 aromatic rings. The van der Waals surface area contributed by atoms with Crippen LogP contribution in [0.1, 0.15) is 35.1 Å². The molecule has 1 aliphatic heterocycles. The number of aliphatic hydroxyl groups is 2. The maximum atomic E-state index is 12.4. The lowest BCUT2D eigenvalue weighted by atomic mass is 9.93. The lowest BCUT2D eigenvalue weighted by molar-refractivity contribution is -0.0597. The number of amides is 1. The molecule has 19 heavy (non-hydrogen) atoms. The first-order valence-electron chi connectivity index (χ1n) is 6.37. The number of anilines is 1. The van der Waals surface area contributed by atoms with Crippen molar-refractivity contribution >= 4 is 22.4 Å². The van der Waals surface area contributed by atoms with Gasteiger partial charge in [-0.05, 0) is 19.3 Å². The quantitative estimate of drug-likeness (QED) is 0.739. The number of aliphatic hydroxyl groups excluding tert-OH is 1. The topological polar surface area (TPSA) is 99.7 Å². The van der Waals surface area contributed by atoms with Crippen LogP contribution in [0.3, 0.4) is 0 Å². The standard InChI is InChI=1S/C12H19N3O3S/c1-2-8-9(19-11(13)14-8)10(17)15-5-3-4-12(18,6-15)7-16/h16,18H,2-7H2,1H3,(H2,13,14)/t12-/m1/s1. The molecule has 2 rings (SSSR count). The highest BCUT2D eigenvalue weighted by Gasteiger charge is 2.35. The van der Waals surface area contributed by atoms with Gasteiger partial charge < -0.3 is 20.8 Å². The third kappa shape index (κ3) is 2.88. The van der Waals surface area contributed by atoms with Crippen LogP contribution in [0.15, 0.2) is 0 Å². The molecule has 106 valence electrons. The van der Waals surface area contributed by atoms with Crippen LogP contribution in [0.25, 0.3) is 0 Å². The van der Waals surface area contributed by atoms with Crippen molar-refractivity contribution in [1.29, 1.82) is 0 Å². The minimum absolute atomic E-state index is 0.155. The minimum atomic E-state index is -1.18. The number of hydrogen-bond acceptors (Lipinski definition) is 6. The van der Waals surface area contributed by atoms with Gasteiger partial charge in [-0.3, -0.25) is 4.79 Å². The highest BCUT2D eigenvalue weighted by atomic mass is 32.1. The third-order valence-electron chi connectivity index (χ3n) is 3.38. The van der Waals surface area contributed by atoms with Gasteiger partial charge in [0.1, 0.15) is 10.5 Å². The number of hydrogen-bond donors (Lipinski definition) is 3. The summed E-state index contributed by atoms with van der Waals surface area (Å²) < 4.78 is 0. The van der Waals surface area contributed by atoms with Crippen LogP contribution in [0.5, 0.6) is 0 Å². The number of aryl methyl sites for hydroxylation is 1. The normalized spacial score (nSPS) is 23.6. The van der Waals surface area contributed by atoms with Crippen molar-refractivity contribution in [1.82, 2.24) is 9.88 Å². The van der Waals surface area contributed by atoms with E-state index in [2.05, 4.69) is 4.98 Å². The van der Waals surface area contributed by atoms with Gasteiger partial charge in [0, 0.05) is 6.54 Å². The number of nitrogens with two attached hydrogens (primary N) is 1. The largest absolute Gasteiger partial charge is 0.393 e. The molecule has 1 fully saturated rings. The van der Waals surface area contributed by atoms with E-state index in [1.54, 1.807) is 4.90 Å². The molecule has 0 saturated carbocycles. The first kappa shape index (κ1) is 14.2. The second kappa shape index (κ2) is 5.44. The minimum Gasteiger partial charge on any atom is -0.393 e. The Bertz CT molecular complexity index is 477. The zero-order chi connectivity index (χ0) is 14.0. The van der Waals surface area contributed by atoms with E-state index < -0.39 is 5.60 Å². The van der Waals surface area contributed by atoms with Gasteiger partial charge >= 0.3 is 0 Å². The van der Waals surface area contributed by atoms with Crippen LogP contribution in [0.2, 0.25) is 0 Å². The van der Waals surface area contributed by atoms with E-state index in [1.165, 1.54) is 11.3 Å². The predicted molar refractivity (Wildman–Crippen MR) is 73.1 cm³/mol. The number of thiazole rings is 1. The predicted octanol–water partition coefficient (Wildman–Crippen LogP) is 0.247. The van der Waals surface area contributed by atoms with E-state index >= 15 is 0 Å². The molecule has 1 aromatic heterocycles. The summed E-state index contributed by atoms with van der Waals surface area (Å²) >= 11 is 1.18. The Morgan fingerprint density at radius 3 is 3.00 bits per heavy atom. The number of nitrogens with zero attached hydrogens (tertiary/aromatic N) is 2. The number of β-amino-alcohol motifs (C(OH)–C–C–N with tert-alkyl or cyclic N) is 1. The molecule has 4 N–H and O–H groups in total. The van der Waals surface area contributed by atoms with E-state index in [0.29, 0.717) is 41.5 Å². The lowest BCUT2D eigenvalue weighted by Gasteiger charge is -2.37. The first-order valence-corrected chi connectivity index (χ1v) is 7.18. The summed E-state index contributed by atoms with van der Waals surface area (Å²) in [6.07, 6.45) is 1.84. The van der Waals surface area contributed by atoms with E-state index in [9.17, 15) is 15.0 Å². The van der Waals surface area contributed by atoms with Crippen molar-refractivity contribution < 1.29 is 15.0 Å². The SMILES string of the molecule is CCc1nc(N)sc1C(=O)N1CCC[C@](O)(CO)C1. The van der Waals surface area contributed by atoms with Crippen LogP contribution in [0, 0.1) is 0 Å². The van der Waals surface area contributed by atoms with Gasteiger partial charge in [-0.1, -0.05) is 18.3 Å². The number of carbonyl (C=O) groups excluding carboxylic acids is 1. The summed E-state index contributed by atoms with van der Waals surface area (Å²) in [5, 5.41) is 19.7. The summed E-state index contributed by atoms with van der Waals surface area (Å²) in [5.41, 5.74) is 5.16. The van der Waals surface area contributed by atoms with Gasteiger partial charge in [0.15, 0.2) is 5.13 Å². The van der Waals surface area contributed by atoms with Crippen LogP contribution >= 0.6 is 11.3 Å². The highest BCUT2D eigenvalue weighted by Crippen LogP contribution is 2.26. The van der Waals surface area contributed by atoms with Crippen LogP contribution in [-0.2, 0) is 6.42 Å². The van der Waals surface area contributed by atoms with Gasteiger partial charge in [0.05, 0.1) is 18.8 Å². The van der Waals surface area contributed by atoms with Crippen molar-refractivity contribution in [3.63, 3.8) is 0 Å². The molecular formula is C12H19N3O3S. The van der Waals surface area contributed by atoms with Crippen LogP contribution in [-0.4, -0.2) is 51.3 Å². The monoisotopic (exact) mass is 285 g/mol. The number of aromatic nitrogens is 1. The second-order valence-corrected chi connectivity index (χ2v) is 5.92. The summed E-state index contributed by atoms with van der Waals surface area (Å²) in [6.45, 7) is 2.33. The molecule has 0 aromatic carbocycles. The average Bonchev–Trinajstić information content (AvgIpc) is 2.79. The van der Waals surface area contributed by atoms with Gasteiger partial charge in [0.2, 0.25) is 0 Å². The fourth-order valence-electron chi connectivity index (χ4n) is 2.34. The van der Waals surface area contributed by atoms with Crippen molar-refractivity contribution in [2.75, 3.05) is 25.4 Å². The molecule has 0 unspecified atom stereocenters. The van der Waals surface area contributed by atoms with E-state index in [-0.39, 0.29) is 19.1 Å². The maximum Gasteiger partial charge on any atom is 0.266 e. The molecule has 0 aliphatic carbocycles. The summed E-state index contributed by atoms with van der Waals surface area (Å²) in [6, 6.07) is 0. The number of rotatable bonds is 3. The lowest BCUT2D eigenvalue weighted by Crippen LogP contribution is -2.52. The third-order valence-corrected chi connectivity index (χ3v) is 4.29. The fourth-order valence-corrected chi connectivity index (χ4v) is 3.22. The highest BCUT2D eigenvalue weighted by molar-refractivity contribution is 7.17. The molecule has 7 heteroatoms. The maximum absolute atomic E-state index is 12.4. The van der Waals surface area contributed by atoms with Gasteiger partial charge in [-0.15, -0.1) is 0 Å². The van der Waals surface area contributed by atoms with Crippen LogP contribution in [0.4, 0.5) is 5.13 Å². The molecule has 1 amide bonds. The Labute approximate surface area is 115 Å². The van der Waals surface area contributed by atoms with Crippen molar-refractivity contribution in [2.24, 2.45) is 0 Å². The molecule has 6 nitrogen and oxygen atoms in total. The van der Waals surface area contributed by atoms with Crippen molar-refractivity contribution in [3.05, 3.63) is 10.6 Å². The Hall–Kier alpha value is -1.18. The summed E-state index contributed by atoms with van der Waals surface area (Å²) in [4.78, 5) is 18.7. The second-order valence-electron chi connectivity index (χ2n) is 4.89. The first-order chi connectivity index (χ1) is 8.99. The number of piperidine rings is 1. The molecule has 2 heterocycles. The number of likely N-dealkylation sites (tertiary alicyclic amines) is 1. The molecule has 0 radical (unpaired) electrons. The summed E-state index contributed by atoms with van der Waals surface area (Å²) in [5.74, 6) is -0.155. The number of nitrogen functional groups attached to an aromatic ring is 1. The van der Waals surface area contributed by atoms with Gasteiger partial charge in [-0.25, -0.2) is 4.98 Å². The van der Waals surface area contributed by atoms with Crippen molar-refractivity contribution in [3.8, 4) is 0 Å². The zero-order valence-corrected chi connectivity index (χ0v) is 11.7. The zero-order valence-electron chi connectivity index (χ0n) is 10.9. The van der Waals surface area contributed by atoms with E-state index in [4.69, 9.17) is 5.73 Å². The number of carbonyl (C=O) groups is 1. The molecular weight excluding hydrogens is 266 g/mol. The fraction of sp³-hybridized carbons (Fsp3) is 0.667. The molecule has 1 aliphatic rings. The van der Waals surface area contributed by atoms with E-state index in [0.717, 1.165) is 0 Å². The summed E-state index contributed by atoms with van der Waals surface area (Å²) in [7, 11) is 0. The Kier molecular flexibility index (Phi) is 4.07. The molecule has 0 bridgehead atoms. The van der Waals surface area contributed by atoms with Gasteiger partial charge in [0.25, 0.3) is 5.91 Å². The van der Waals surface area contributed by atoms with Gasteiger partial charge in [-0.2, -0.15) is 0 Å². The Balaban J connectivity index is 2.19. The molecule has 1 atom stereocenters. The Morgan fingerprint density at radius 1 is 1.63 bits per heavy atom. The smallest absolute Gasteiger partial charge is 0.266 e. The van der Waals surface area contributed by atoms with Crippen molar-refractivity contribution in [2.45, 2.75) is 31.8 Å². The van der Waals surface area contributed by atoms with E-state index in [1.807, 2.05) is 6.92 Å². The molecule has 0 spiro atoms. The van der Waals surface area contributed by atoms with Crippen LogP contribution < -0.4 is 5.73 Å². The average molecular weight is 285 g/mol. The molecule has 1 saturated heterocycles.